The first kappa shape index (κ1) is 25.0. The summed E-state index contributed by atoms with van der Waals surface area (Å²) in [5.74, 6) is 0.537. The van der Waals surface area contributed by atoms with E-state index in [1.165, 1.54) is 22.8 Å². The molecular weight excluding hydrogens is 416 g/mol. The van der Waals surface area contributed by atoms with Crippen LogP contribution in [0.2, 0.25) is 0 Å². The smallest absolute Gasteiger partial charge is 0.124 e. The Hall–Kier alpha value is -1.65. The normalized spacial score (nSPS) is 20.0. The van der Waals surface area contributed by atoms with Gasteiger partial charge in [-0.3, -0.25) is 0 Å². The molecule has 0 amide bonds. The zero-order valence-electron chi connectivity index (χ0n) is 20.8. The zero-order valence-corrected chi connectivity index (χ0v) is 21.6. The predicted molar refractivity (Wildman–Crippen MR) is 131 cm³/mol. The van der Waals surface area contributed by atoms with Gasteiger partial charge in [0.1, 0.15) is 10.1 Å². The lowest BCUT2D eigenvalue weighted by Crippen LogP contribution is -2.17. The third kappa shape index (κ3) is 5.82. The van der Waals surface area contributed by atoms with Gasteiger partial charge < -0.3 is 4.55 Å². The first-order valence-corrected chi connectivity index (χ1v) is 13.3. The molecule has 3 rings (SSSR count). The molecule has 0 aromatic heterocycles. The Balaban J connectivity index is 1.89. The van der Waals surface area contributed by atoms with Crippen LogP contribution >= 0.6 is 0 Å². The van der Waals surface area contributed by atoms with Crippen molar-refractivity contribution in [3.05, 3.63) is 64.2 Å². The van der Waals surface area contributed by atoms with Gasteiger partial charge >= 0.3 is 0 Å². The predicted octanol–water partition coefficient (Wildman–Crippen LogP) is 7.01. The minimum atomic E-state index is -4.47. The van der Waals surface area contributed by atoms with Gasteiger partial charge in [0, 0.05) is 0 Å². The van der Waals surface area contributed by atoms with E-state index in [4.69, 9.17) is 0 Å². The first-order chi connectivity index (χ1) is 14.7. The van der Waals surface area contributed by atoms with Crippen molar-refractivity contribution in [3.8, 4) is 0 Å². The monoisotopic (exact) mass is 455 g/mol. The highest BCUT2D eigenvalue weighted by Crippen LogP contribution is 2.44. The highest BCUT2D eigenvalue weighted by atomic mass is 32.2. The van der Waals surface area contributed by atoms with Crippen molar-refractivity contribution in [2.75, 3.05) is 0 Å². The second-order valence-corrected chi connectivity index (χ2v) is 13.1. The van der Waals surface area contributed by atoms with E-state index in [0.717, 1.165) is 43.2 Å². The van der Waals surface area contributed by atoms with Crippen LogP contribution in [0.1, 0.15) is 101 Å². The largest absolute Gasteiger partial charge is 0.744 e. The maximum atomic E-state index is 11.9. The van der Waals surface area contributed by atoms with Gasteiger partial charge in [-0.05, 0) is 83.6 Å². The van der Waals surface area contributed by atoms with Crippen molar-refractivity contribution in [1.29, 1.82) is 0 Å². The van der Waals surface area contributed by atoms with E-state index in [-0.39, 0.29) is 21.6 Å². The van der Waals surface area contributed by atoms with Gasteiger partial charge in [-0.15, -0.1) is 0 Å². The third-order valence-corrected chi connectivity index (χ3v) is 7.93. The van der Waals surface area contributed by atoms with E-state index in [1.807, 2.05) is 13.0 Å². The molecule has 0 N–H and O–H groups in total. The summed E-state index contributed by atoms with van der Waals surface area (Å²) in [4.78, 5) is -0.0234. The topological polar surface area (TPSA) is 57.2 Å². The molecule has 0 bridgehead atoms. The van der Waals surface area contributed by atoms with E-state index < -0.39 is 10.1 Å². The molecule has 0 radical (unpaired) electrons. The van der Waals surface area contributed by atoms with Crippen molar-refractivity contribution < 1.29 is 13.0 Å². The molecule has 2 aromatic rings. The van der Waals surface area contributed by atoms with Crippen LogP contribution in [-0.2, 0) is 27.4 Å². The van der Waals surface area contributed by atoms with Gasteiger partial charge in [0.2, 0.25) is 0 Å². The highest BCUT2D eigenvalue weighted by Gasteiger charge is 2.31. The summed E-state index contributed by atoms with van der Waals surface area (Å²) in [5.41, 5.74) is 6.00. The van der Waals surface area contributed by atoms with Crippen LogP contribution in [-0.4, -0.2) is 13.0 Å². The van der Waals surface area contributed by atoms with Gasteiger partial charge in [0.15, 0.2) is 0 Å². The maximum Gasteiger partial charge on any atom is 0.124 e. The Labute approximate surface area is 195 Å². The van der Waals surface area contributed by atoms with E-state index in [1.54, 1.807) is 6.07 Å². The molecule has 0 saturated heterocycles. The van der Waals surface area contributed by atoms with Gasteiger partial charge in [-0.25, -0.2) is 8.42 Å². The summed E-state index contributed by atoms with van der Waals surface area (Å²) < 4.78 is 35.7. The maximum absolute atomic E-state index is 11.9. The molecule has 4 heteroatoms. The quantitative estimate of drug-likeness (QED) is 0.456. The second kappa shape index (κ2) is 8.95. The van der Waals surface area contributed by atoms with Crippen molar-refractivity contribution in [2.45, 2.75) is 102 Å². The molecule has 1 fully saturated rings. The summed E-state index contributed by atoms with van der Waals surface area (Å²) in [6.45, 7) is 15.5. The van der Waals surface area contributed by atoms with Gasteiger partial charge in [-0.2, -0.15) is 0 Å². The molecule has 2 aromatic carbocycles. The molecule has 32 heavy (non-hydrogen) atoms. The van der Waals surface area contributed by atoms with Crippen molar-refractivity contribution in [3.63, 3.8) is 0 Å². The van der Waals surface area contributed by atoms with Gasteiger partial charge in [0.25, 0.3) is 0 Å². The summed E-state index contributed by atoms with van der Waals surface area (Å²) in [7, 11) is -4.47. The van der Waals surface area contributed by atoms with Gasteiger partial charge in [0.05, 0.1) is 4.90 Å². The molecule has 0 unspecified atom stereocenters. The van der Waals surface area contributed by atoms with Crippen molar-refractivity contribution in [2.24, 2.45) is 5.92 Å². The van der Waals surface area contributed by atoms with Crippen molar-refractivity contribution >= 4 is 10.1 Å². The first-order valence-electron chi connectivity index (χ1n) is 11.9. The number of benzene rings is 2. The van der Waals surface area contributed by atoms with E-state index in [0.29, 0.717) is 5.92 Å². The fourth-order valence-corrected chi connectivity index (χ4v) is 5.77. The lowest BCUT2D eigenvalue weighted by Gasteiger charge is -2.27. The Bertz CT molecular complexity index is 1040. The SMILES string of the molecule is Cc1ccc(S(=O)(=O)[O-])c([C@@H]2CCC[C@@H]2CCc2cc(C(C)(C)C)cc(C(C)(C)C)c2)c1. The summed E-state index contributed by atoms with van der Waals surface area (Å²) >= 11 is 0. The summed E-state index contributed by atoms with van der Waals surface area (Å²) in [6, 6.07) is 12.2. The van der Waals surface area contributed by atoms with Crippen LogP contribution in [0, 0.1) is 12.8 Å². The standard InChI is InChI=1S/C28H40O3S/c1-19-11-14-26(32(29,30)31)25(15-19)24-10-8-9-21(24)13-12-20-16-22(27(2,3)4)18-23(17-20)28(5,6)7/h11,14-18,21,24H,8-10,12-13H2,1-7H3,(H,29,30,31)/p-1/t21-,24-/m1/s1. The second-order valence-electron chi connectivity index (χ2n) is 11.8. The fraction of sp³-hybridized carbons (Fsp3) is 0.571. The average Bonchev–Trinajstić information content (AvgIpc) is 3.12. The molecule has 1 aliphatic rings. The molecule has 1 saturated carbocycles. The third-order valence-electron chi connectivity index (χ3n) is 7.02. The minimum absolute atomic E-state index is 0.0234. The van der Waals surface area contributed by atoms with Crippen LogP contribution in [0.4, 0.5) is 0 Å². The zero-order chi connectivity index (χ0) is 23.9. The molecule has 1 aliphatic carbocycles. The number of aryl methyl sites for hydroxylation is 2. The van der Waals surface area contributed by atoms with Crippen molar-refractivity contribution in [1.82, 2.24) is 0 Å². The average molecular weight is 456 g/mol. The highest BCUT2D eigenvalue weighted by molar-refractivity contribution is 7.85. The molecular formula is C28H39O3S-. The summed E-state index contributed by atoms with van der Waals surface area (Å²) in [6.07, 6.45) is 5.10. The molecule has 176 valence electrons. The van der Waals surface area contributed by atoms with E-state index in [9.17, 15) is 13.0 Å². The number of rotatable bonds is 5. The van der Waals surface area contributed by atoms with Gasteiger partial charge in [-0.1, -0.05) is 83.9 Å². The Morgan fingerprint density at radius 2 is 1.50 bits per heavy atom. The molecule has 0 spiro atoms. The summed E-state index contributed by atoms with van der Waals surface area (Å²) in [5, 5.41) is 0. The number of hydrogen-bond acceptors (Lipinski definition) is 3. The molecule has 2 atom stereocenters. The molecule has 0 heterocycles. The van der Waals surface area contributed by atoms with Crippen LogP contribution in [0.25, 0.3) is 0 Å². The van der Waals surface area contributed by atoms with Crippen LogP contribution in [0.5, 0.6) is 0 Å². The number of hydrogen-bond donors (Lipinski definition) is 0. The molecule has 0 aliphatic heterocycles. The Morgan fingerprint density at radius 1 is 0.906 bits per heavy atom. The fourth-order valence-electron chi connectivity index (χ4n) is 5.03. The van der Waals surface area contributed by atoms with E-state index in [2.05, 4.69) is 59.7 Å². The van der Waals surface area contributed by atoms with Crippen LogP contribution in [0.3, 0.4) is 0 Å². The Morgan fingerprint density at radius 3 is 2.03 bits per heavy atom. The minimum Gasteiger partial charge on any atom is -0.744 e. The van der Waals surface area contributed by atoms with E-state index >= 15 is 0 Å². The Kier molecular flexibility index (Phi) is 6.98. The molecule has 3 nitrogen and oxygen atoms in total. The van der Waals surface area contributed by atoms with Crippen LogP contribution < -0.4 is 0 Å². The lowest BCUT2D eigenvalue weighted by molar-refractivity contribution is 0.435. The lowest BCUT2D eigenvalue weighted by atomic mass is 9.78. The van der Waals surface area contributed by atoms with Crippen LogP contribution in [0.15, 0.2) is 41.3 Å².